The van der Waals surface area contributed by atoms with Crippen LogP contribution in [-0.4, -0.2) is 24.9 Å². The molecule has 0 unspecified atom stereocenters. The average molecular weight is 287 g/mol. The van der Waals surface area contributed by atoms with Gasteiger partial charge in [-0.2, -0.15) is 5.10 Å². The molecule has 0 radical (unpaired) electrons. The number of phenolic OH excluding ortho intramolecular Hbond substituents is 1. The van der Waals surface area contributed by atoms with Crippen molar-refractivity contribution in [1.29, 1.82) is 0 Å². The van der Waals surface area contributed by atoms with Gasteiger partial charge in [0.25, 0.3) is 0 Å². The number of aromatic nitrogens is 4. The summed E-state index contributed by atoms with van der Waals surface area (Å²) in [6.45, 7) is 0. The number of nitrogens with zero attached hydrogens (tertiary/aromatic N) is 4. The molecule has 1 aromatic carbocycles. The smallest absolute Gasteiger partial charge is 0.161 e. The molecule has 0 bridgehead atoms. The Kier molecular flexibility index (Phi) is 3.12. The van der Waals surface area contributed by atoms with E-state index in [2.05, 4.69) is 15.1 Å². The second-order valence-electron chi connectivity index (χ2n) is 4.35. The third kappa shape index (κ3) is 2.48. The summed E-state index contributed by atoms with van der Waals surface area (Å²) in [7, 11) is 1.84. The van der Waals surface area contributed by atoms with Crippen molar-refractivity contribution in [1.82, 2.24) is 19.7 Å². The summed E-state index contributed by atoms with van der Waals surface area (Å²) in [5.41, 5.74) is 2.37. The molecular formula is C14H11ClN4O. The van der Waals surface area contributed by atoms with Gasteiger partial charge in [-0.1, -0.05) is 11.6 Å². The standard InChI is InChI=1S/C14H11ClN4O/c1-19-8-10(7-16-19)12-6-13(15)18-14(17-12)9-2-4-11(20)5-3-9/h2-8,20H,1H3. The molecule has 0 saturated carbocycles. The van der Waals surface area contributed by atoms with Gasteiger partial charge in [0.05, 0.1) is 11.9 Å². The summed E-state index contributed by atoms with van der Waals surface area (Å²) in [6.07, 6.45) is 3.58. The molecule has 20 heavy (non-hydrogen) atoms. The van der Waals surface area contributed by atoms with E-state index in [9.17, 15) is 5.11 Å². The first-order valence-corrected chi connectivity index (χ1v) is 6.32. The van der Waals surface area contributed by atoms with Crippen molar-refractivity contribution in [3.63, 3.8) is 0 Å². The van der Waals surface area contributed by atoms with E-state index in [1.165, 1.54) is 0 Å². The molecular weight excluding hydrogens is 276 g/mol. The van der Waals surface area contributed by atoms with Crippen LogP contribution in [0.3, 0.4) is 0 Å². The van der Waals surface area contributed by atoms with Gasteiger partial charge in [-0.15, -0.1) is 0 Å². The molecule has 0 atom stereocenters. The zero-order chi connectivity index (χ0) is 14.1. The normalized spacial score (nSPS) is 10.7. The Balaban J connectivity index is 2.09. The molecule has 2 aromatic heterocycles. The van der Waals surface area contributed by atoms with Gasteiger partial charge in [0.1, 0.15) is 10.9 Å². The molecule has 0 aliphatic rings. The first-order chi connectivity index (χ1) is 9.61. The number of hydrogen-bond donors (Lipinski definition) is 1. The lowest BCUT2D eigenvalue weighted by atomic mass is 10.2. The molecule has 3 aromatic rings. The molecule has 2 heterocycles. The van der Waals surface area contributed by atoms with E-state index in [1.807, 2.05) is 13.2 Å². The second-order valence-corrected chi connectivity index (χ2v) is 4.74. The van der Waals surface area contributed by atoms with Crippen molar-refractivity contribution in [2.24, 2.45) is 7.05 Å². The summed E-state index contributed by atoms with van der Waals surface area (Å²) >= 11 is 6.06. The molecule has 0 aliphatic heterocycles. The Hall–Kier alpha value is -2.40. The molecule has 0 saturated heterocycles. The number of aromatic hydroxyl groups is 1. The first-order valence-electron chi connectivity index (χ1n) is 5.95. The molecule has 6 heteroatoms. The van der Waals surface area contributed by atoms with Crippen LogP contribution in [0, 0.1) is 0 Å². The van der Waals surface area contributed by atoms with E-state index >= 15 is 0 Å². The Morgan fingerprint density at radius 2 is 1.85 bits per heavy atom. The topological polar surface area (TPSA) is 63.8 Å². The minimum atomic E-state index is 0.197. The minimum Gasteiger partial charge on any atom is -0.508 e. The highest BCUT2D eigenvalue weighted by molar-refractivity contribution is 6.29. The minimum absolute atomic E-state index is 0.197. The molecule has 3 rings (SSSR count). The first kappa shape index (κ1) is 12.6. The summed E-state index contributed by atoms with van der Waals surface area (Å²) in [6, 6.07) is 8.36. The largest absolute Gasteiger partial charge is 0.508 e. The number of phenols is 1. The van der Waals surface area contributed by atoms with Crippen LogP contribution < -0.4 is 0 Å². The van der Waals surface area contributed by atoms with Crippen LogP contribution in [-0.2, 0) is 7.05 Å². The zero-order valence-electron chi connectivity index (χ0n) is 10.7. The third-order valence-electron chi connectivity index (χ3n) is 2.82. The fourth-order valence-electron chi connectivity index (χ4n) is 1.86. The van der Waals surface area contributed by atoms with Gasteiger partial charge in [-0.25, -0.2) is 9.97 Å². The van der Waals surface area contributed by atoms with Gasteiger partial charge in [0, 0.05) is 30.4 Å². The summed E-state index contributed by atoms with van der Waals surface area (Å²) in [4.78, 5) is 8.70. The summed E-state index contributed by atoms with van der Waals surface area (Å²) < 4.78 is 1.70. The maximum absolute atomic E-state index is 9.32. The highest BCUT2D eigenvalue weighted by Crippen LogP contribution is 2.24. The number of halogens is 1. The van der Waals surface area contributed by atoms with E-state index in [-0.39, 0.29) is 5.75 Å². The fourth-order valence-corrected chi connectivity index (χ4v) is 2.04. The van der Waals surface area contributed by atoms with Gasteiger partial charge in [0.15, 0.2) is 5.82 Å². The molecule has 0 aliphatic carbocycles. The molecule has 0 spiro atoms. The summed E-state index contributed by atoms with van der Waals surface area (Å²) in [5, 5.41) is 13.8. The lowest BCUT2D eigenvalue weighted by Gasteiger charge is -2.04. The van der Waals surface area contributed by atoms with Crippen molar-refractivity contribution in [3.8, 4) is 28.4 Å². The SMILES string of the molecule is Cn1cc(-c2cc(Cl)nc(-c3ccc(O)cc3)n2)cn1. The van der Waals surface area contributed by atoms with Crippen molar-refractivity contribution >= 4 is 11.6 Å². The number of rotatable bonds is 2. The zero-order valence-corrected chi connectivity index (χ0v) is 11.4. The lowest BCUT2D eigenvalue weighted by Crippen LogP contribution is -1.92. The van der Waals surface area contributed by atoms with Crippen LogP contribution in [0.15, 0.2) is 42.7 Å². The van der Waals surface area contributed by atoms with Crippen LogP contribution in [0.2, 0.25) is 5.15 Å². The van der Waals surface area contributed by atoms with Crippen molar-refractivity contribution in [2.45, 2.75) is 0 Å². The van der Waals surface area contributed by atoms with Crippen LogP contribution in [0.4, 0.5) is 0 Å². The Morgan fingerprint density at radius 3 is 2.50 bits per heavy atom. The number of aryl methyl sites for hydroxylation is 1. The highest BCUT2D eigenvalue weighted by atomic mass is 35.5. The van der Waals surface area contributed by atoms with Gasteiger partial charge in [-0.05, 0) is 24.3 Å². The van der Waals surface area contributed by atoms with Crippen LogP contribution in [0.1, 0.15) is 0 Å². The van der Waals surface area contributed by atoms with Crippen molar-refractivity contribution in [2.75, 3.05) is 0 Å². The van der Waals surface area contributed by atoms with Crippen LogP contribution >= 0.6 is 11.6 Å². The maximum Gasteiger partial charge on any atom is 0.161 e. The van der Waals surface area contributed by atoms with E-state index in [4.69, 9.17) is 11.6 Å². The molecule has 0 amide bonds. The monoisotopic (exact) mass is 286 g/mol. The predicted molar refractivity (Wildman–Crippen MR) is 76.3 cm³/mol. The second kappa shape index (κ2) is 4.94. The Bertz CT molecular complexity index is 752. The summed E-state index contributed by atoms with van der Waals surface area (Å²) in [5.74, 6) is 0.708. The predicted octanol–water partition coefficient (Wildman–Crippen LogP) is 2.90. The van der Waals surface area contributed by atoms with Crippen molar-refractivity contribution < 1.29 is 5.11 Å². The highest BCUT2D eigenvalue weighted by Gasteiger charge is 2.09. The van der Waals surface area contributed by atoms with Crippen molar-refractivity contribution in [3.05, 3.63) is 47.9 Å². The lowest BCUT2D eigenvalue weighted by molar-refractivity contribution is 0.475. The average Bonchev–Trinajstić information content (AvgIpc) is 2.85. The van der Waals surface area contributed by atoms with E-state index in [1.54, 1.807) is 41.2 Å². The fraction of sp³-hybridized carbons (Fsp3) is 0.0714. The van der Waals surface area contributed by atoms with Gasteiger partial charge >= 0.3 is 0 Å². The van der Waals surface area contributed by atoms with Crippen LogP contribution in [0.5, 0.6) is 5.75 Å². The van der Waals surface area contributed by atoms with E-state index < -0.39 is 0 Å². The third-order valence-corrected chi connectivity index (χ3v) is 3.01. The van der Waals surface area contributed by atoms with Gasteiger partial charge in [0.2, 0.25) is 0 Å². The quantitative estimate of drug-likeness (QED) is 0.736. The molecule has 5 nitrogen and oxygen atoms in total. The van der Waals surface area contributed by atoms with Crippen LogP contribution in [0.25, 0.3) is 22.6 Å². The van der Waals surface area contributed by atoms with E-state index in [0.29, 0.717) is 16.7 Å². The maximum atomic E-state index is 9.32. The molecule has 100 valence electrons. The van der Waals surface area contributed by atoms with Gasteiger partial charge in [-0.3, -0.25) is 4.68 Å². The van der Waals surface area contributed by atoms with E-state index in [0.717, 1.165) is 11.1 Å². The molecule has 0 fully saturated rings. The number of benzene rings is 1. The number of hydrogen-bond acceptors (Lipinski definition) is 4. The van der Waals surface area contributed by atoms with Gasteiger partial charge < -0.3 is 5.11 Å². The molecule has 1 N–H and O–H groups in total. The Morgan fingerprint density at radius 1 is 1.10 bits per heavy atom. The Labute approximate surface area is 120 Å².